The first-order valence-electron chi connectivity index (χ1n) is 6.92. The van der Waals surface area contributed by atoms with Crippen LogP contribution in [0.5, 0.6) is 5.75 Å². The van der Waals surface area contributed by atoms with Gasteiger partial charge in [0.25, 0.3) is 0 Å². The molecule has 4 heteroatoms. The van der Waals surface area contributed by atoms with E-state index in [4.69, 9.17) is 15.2 Å². The number of nitrogens with two attached hydrogens (primary N) is 1. The van der Waals surface area contributed by atoms with Crippen LogP contribution in [-0.2, 0) is 4.74 Å². The third-order valence-corrected chi connectivity index (χ3v) is 3.72. The summed E-state index contributed by atoms with van der Waals surface area (Å²) in [6.07, 6.45) is 1.08. The molecule has 1 aliphatic rings. The van der Waals surface area contributed by atoms with E-state index in [0.29, 0.717) is 6.54 Å². The number of nitrogens with zero attached hydrogens (tertiary/aromatic N) is 1. The Labute approximate surface area is 115 Å². The summed E-state index contributed by atoms with van der Waals surface area (Å²) in [6.45, 7) is 6.36. The van der Waals surface area contributed by atoms with Crippen molar-refractivity contribution >= 4 is 0 Å². The van der Waals surface area contributed by atoms with Gasteiger partial charge >= 0.3 is 0 Å². The SMILES string of the molecule is COc1ccc(C(CN)N2CCCOCC2)cc1C. The Bertz CT molecular complexity index is 401. The average molecular weight is 264 g/mol. The maximum Gasteiger partial charge on any atom is 0.121 e. The van der Waals surface area contributed by atoms with Gasteiger partial charge in [-0.05, 0) is 30.5 Å². The van der Waals surface area contributed by atoms with Gasteiger partial charge in [-0.2, -0.15) is 0 Å². The molecule has 0 aromatic heterocycles. The first-order chi connectivity index (χ1) is 9.26. The minimum Gasteiger partial charge on any atom is -0.496 e. The average Bonchev–Trinajstić information content (AvgIpc) is 2.69. The molecule has 0 spiro atoms. The van der Waals surface area contributed by atoms with E-state index in [-0.39, 0.29) is 6.04 Å². The summed E-state index contributed by atoms with van der Waals surface area (Å²) in [4.78, 5) is 2.42. The summed E-state index contributed by atoms with van der Waals surface area (Å²) in [5, 5.41) is 0. The molecule has 19 heavy (non-hydrogen) atoms. The molecule has 1 atom stereocenters. The lowest BCUT2D eigenvalue weighted by Crippen LogP contribution is -2.35. The van der Waals surface area contributed by atoms with E-state index in [1.165, 1.54) is 5.56 Å². The molecule has 0 amide bonds. The van der Waals surface area contributed by atoms with Crippen molar-refractivity contribution in [3.05, 3.63) is 29.3 Å². The van der Waals surface area contributed by atoms with Gasteiger partial charge in [-0.15, -0.1) is 0 Å². The van der Waals surface area contributed by atoms with Gasteiger partial charge < -0.3 is 15.2 Å². The van der Waals surface area contributed by atoms with E-state index in [1.807, 2.05) is 6.07 Å². The van der Waals surface area contributed by atoms with Gasteiger partial charge in [-0.25, -0.2) is 0 Å². The van der Waals surface area contributed by atoms with Gasteiger partial charge in [0.2, 0.25) is 0 Å². The molecule has 1 aliphatic heterocycles. The van der Waals surface area contributed by atoms with Gasteiger partial charge in [0.15, 0.2) is 0 Å². The zero-order valence-electron chi connectivity index (χ0n) is 11.9. The number of hydrogen-bond acceptors (Lipinski definition) is 4. The molecule has 1 saturated heterocycles. The Morgan fingerprint density at radius 3 is 2.89 bits per heavy atom. The van der Waals surface area contributed by atoms with E-state index in [9.17, 15) is 0 Å². The van der Waals surface area contributed by atoms with Gasteiger partial charge in [-0.3, -0.25) is 4.90 Å². The van der Waals surface area contributed by atoms with Gasteiger partial charge in [-0.1, -0.05) is 12.1 Å². The topological polar surface area (TPSA) is 47.7 Å². The number of methoxy groups -OCH3 is 1. The monoisotopic (exact) mass is 264 g/mol. The van der Waals surface area contributed by atoms with Crippen molar-refractivity contribution in [2.75, 3.05) is 40.0 Å². The van der Waals surface area contributed by atoms with E-state index in [2.05, 4.69) is 24.0 Å². The fourth-order valence-electron chi connectivity index (χ4n) is 2.68. The van der Waals surface area contributed by atoms with Crippen molar-refractivity contribution in [2.45, 2.75) is 19.4 Å². The number of aryl methyl sites for hydroxylation is 1. The summed E-state index contributed by atoms with van der Waals surface area (Å²) >= 11 is 0. The van der Waals surface area contributed by atoms with Crippen LogP contribution >= 0.6 is 0 Å². The Morgan fingerprint density at radius 1 is 1.37 bits per heavy atom. The van der Waals surface area contributed by atoms with Gasteiger partial charge in [0, 0.05) is 32.3 Å². The summed E-state index contributed by atoms with van der Waals surface area (Å²) in [5.74, 6) is 0.929. The second kappa shape index (κ2) is 6.89. The van der Waals surface area contributed by atoms with Crippen molar-refractivity contribution in [1.82, 2.24) is 4.90 Å². The van der Waals surface area contributed by atoms with Crippen molar-refractivity contribution in [2.24, 2.45) is 5.73 Å². The first-order valence-corrected chi connectivity index (χ1v) is 6.92. The van der Waals surface area contributed by atoms with E-state index in [0.717, 1.165) is 44.0 Å². The molecule has 1 unspecified atom stereocenters. The predicted molar refractivity (Wildman–Crippen MR) is 76.5 cm³/mol. The summed E-state index contributed by atoms with van der Waals surface area (Å²) < 4.78 is 10.8. The van der Waals surface area contributed by atoms with Crippen molar-refractivity contribution < 1.29 is 9.47 Å². The molecule has 1 aromatic rings. The number of benzene rings is 1. The number of rotatable bonds is 4. The zero-order valence-corrected chi connectivity index (χ0v) is 11.9. The quantitative estimate of drug-likeness (QED) is 0.899. The van der Waals surface area contributed by atoms with Crippen molar-refractivity contribution in [3.63, 3.8) is 0 Å². The van der Waals surface area contributed by atoms with Crippen LogP contribution in [0.4, 0.5) is 0 Å². The van der Waals surface area contributed by atoms with E-state index < -0.39 is 0 Å². The molecule has 1 heterocycles. The fourth-order valence-corrected chi connectivity index (χ4v) is 2.68. The van der Waals surface area contributed by atoms with Crippen LogP contribution in [0, 0.1) is 6.92 Å². The third kappa shape index (κ3) is 3.47. The Hall–Kier alpha value is -1.10. The second-order valence-corrected chi connectivity index (χ2v) is 4.98. The zero-order chi connectivity index (χ0) is 13.7. The third-order valence-electron chi connectivity index (χ3n) is 3.72. The minimum atomic E-state index is 0.270. The molecule has 1 fully saturated rings. The maximum atomic E-state index is 5.99. The number of ether oxygens (including phenoxy) is 2. The Balaban J connectivity index is 2.18. The van der Waals surface area contributed by atoms with Crippen LogP contribution in [0.25, 0.3) is 0 Å². The summed E-state index contributed by atoms with van der Waals surface area (Å²) in [5.41, 5.74) is 8.42. The molecule has 4 nitrogen and oxygen atoms in total. The first kappa shape index (κ1) is 14.3. The lowest BCUT2D eigenvalue weighted by molar-refractivity contribution is 0.132. The molecule has 0 saturated carbocycles. The highest BCUT2D eigenvalue weighted by atomic mass is 16.5. The molecule has 2 N–H and O–H groups in total. The highest BCUT2D eigenvalue weighted by Crippen LogP contribution is 2.26. The maximum absolute atomic E-state index is 5.99. The Kier molecular flexibility index (Phi) is 5.19. The van der Waals surface area contributed by atoms with Crippen molar-refractivity contribution in [1.29, 1.82) is 0 Å². The normalized spacial score (nSPS) is 18.9. The van der Waals surface area contributed by atoms with Crippen LogP contribution in [0.1, 0.15) is 23.6 Å². The standard InChI is InChI=1S/C15H24N2O2/c1-12-10-13(4-5-15(12)18-2)14(11-16)17-6-3-8-19-9-7-17/h4-5,10,14H,3,6-9,11,16H2,1-2H3. The molecular weight excluding hydrogens is 240 g/mol. The second-order valence-electron chi connectivity index (χ2n) is 4.98. The molecule has 0 bridgehead atoms. The van der Waals surface area contributed by atoms with Crippen LogP contribution in [-0.4, -0.2) is 44.9 Å². The molecular formula is C15H24N2O2. The summed E-state index contributed by atoms with van der Waals surface area (Å²) in [6, 6.07) is 6.60. The van der Waals surface area contributed by atoms with Gasteiger partial charge in [0.05, 0.1) is 13.7 Å². The van der Waals surface area contributed by atoms with Crippen molar-refractivity contribution in [3.8, 4) is 5.75 Å². The van der Waals surface area contributed by atoms with Gasteiger partial charge in [0.1, 0.15) is 5.75 Å². The van der Waals surface area contributed by atoms with Crippen LogP contribution in [0.15, 0.2) is 18.2 Å². The van der Waals surface area contributed by atoms with Crippen LogP contribution in [0.2, 0.25) is 0 Å². The highest BCUT2D eigenvalue weighted by Gasteiger charge is 2.20. The molecule has 2 rings (SSSR count). The van der Waals surface area contributed by atoms with E-state index in [1.54, 1.807) is 7.11 Å². The van der Waals surface area contributed by atoms with E-state index >= 15 is 0 Å². The smallest absolute Gasteiger partial charge is 0.121 e. The number of hydrogen-bond donors (Lipinski definition) is 1. The summed E-state index contributed by atoms with van der Waals surface area (Å²) in [7, 11) is 1.70. The molecule has 1 aromatic carbocycles. The lowest BCUT2D eigenvalue weighted by Gasteiger charge is -2.30. The predicted octanol–water partition coefficient (Wildman–Crippen LogP) is 1.73. The molecule has 106 valence electrons. The molecule has 0 aliphatic carbocycles. The molecule has 0 radical (unpaired) electrons. The van der Waals surface area contributed by atoms with Crippen LogP contribution in [0.3, 0.4) is 0 Å². The lowest BCUT2D eigenvalue weighted by atomic mass is 10.0. The highest BCUT2D eigenvalue weighted by molar-refractivity contribution is 5.37. The fraction of sp³-hybridized carbons (Fsp3) is 0.600. The Morgan fingerprint density at radius 2 is 2.21 bits per heavy atom. The largest absolute Gasteiger partial charge is 0.496 e. The minimum absolute atomic E-state index is 0.270. The van der Waals surface area contributed by atoms with Crippen LogP contribution < -0.4 is 10.5 Å².